The van der Waals surface area contributed by atoms with Gasteiger partial charge in [0.1, 0.15) is 0 Å². The van der Waals surface area contributed by atoms with Crippen LogP contribution < -0.4 is 5.69 Å². The molecule has 0 aliphatic rings. The first kappa shape index (κ1) is 14.8. The van der Waals surface area contributed by atoms with Gasteiger partial charge in [-0.3, -0.25) is 4.57 Å². The molecule has 4 heteroatoms. The van der Waals surface area contributed by atoms with E-state index in [4.69, 9.17) is 0 Å². The van der Waals surface area contributed by atoms with E-state index in [1.54, 1.807) is 0 Å². The molecule has 0 radical (unpaired) electrons. The molecule has 4 nitrogen and oxygen atoms in total. The lowest BCUT2D eigenvalue weighted by atomic mass is 10.0. The summed E-state index contributed by atoms with van der Waals surface area (Å²) >= 11 is 0. The minimum absolute atomic E-state index is 0.0526. The third kappa shape index (κ3) is 2.03. The molecule has 0 aliphatic carbocycles. The van der Waals surface area contributed by atoms with Crippen LogP contribution in [0.3, 0.4) is 0 Å². The van der Waals surface area contributed by atoms with E-state index in [1.165, 1.54) is 22.1 Å². The minimum Gasteiger partial charge on any atom is -0.361 e. The van der Waals surface area contributed by atoms with E-state index in [-0.39, 0.29) is 11.7 Å². The van der Waals surface area contributed by atoms with Crippen molar-refractivity contribution in [3.63, 3.8) is 0 Å². The summed E-state index contributed by atoms with van der Waals surface area (Å²) in [5.41, 5.74) is 7.64. The summed E-state index contributed by atoms with van der Waals surface area (Å²) in [6, 6.07) is 10.3. The fourth-order valence-electron chi connectivity index (χ4n) is 3.64. The number of H-pyrrole nitrogens is 2. The van der Waals surface area contributed by atoms with Crippen LogP contribution in [0, 0.1) is 20.8 Å². The number of aryl methyl sites for hydroxylation is 3. The van der Waals surface area contributed by atoms with Gasteiger partial charge < -0.3 is 9.97 Å². The molecule has 0 saturated carbocycles. The maximum atomic E-state index is 12.6. The number of rotatable bonds is 2. The average Bonchev–Trinajstić information content (AvgIpc) is 3.09. The van der Waals surface area contributed by atoms with Crippen LogP contribution in [0.4, 0.5) is 0 Å². The van der Waals surface area contributed by atoms with E-state index in [0.29, 0.717) is 0 Å². The van der Waals surface area contributed by atoms with E-state index >= 15 is 0 Å². The second-order valence-corrected chi connectivity index (χ2v) is 6.67. The van der Waals surface area contributed by atoms with Crippen LogP contribution in [0.1, 0.15) is 35.2 Å². The van der Waals surface area contributed by atoms with E-state index < -0.39 is 0 Å². The SMILES string of the molecule is Cc1cc2[nH]c(=O)n(C(C)c3c[nH]c4cccc(C)c34)c2cc1C. The zero-order valence-electron chi connectivity index (χ0n) is 14.4. The quantitative estimate of drug-likeness (QED) is 0.567. The Morgan fingerprint density at radius 2 is 1.75 bits per heavy atom. The molecule has 2 heterocycles. The van der Waals surface area contributed by atoms with Crippen molar-refractivity contribution in [2.75, 3.05) is 0 Å². The van der Waals surface area contributed by atoms with Crippen molar-refractivity contribution in [3.8, 4) is 0 Å². The lowest BCUT2D eigenvalue weighted by molar-refractivity contribution is 0.639. The van der Waals surface area contributed by atoms with Crippen molar-refractivity contribution in [1.29, 1.82) is 0 Å². The maximum absolute atomic E-state index is 12.6. The largest absolute Gasteiger partial charge is 0.361 e. The van der Waals surface area contributed by atoms with Gasteiger partial charge in [0.05, 0.1) is 17.1 Å². The van der Waals surface area contributed by atoms with Gasteiger partial charge in [-0.15, -0.1) is 0 Å². The monoisotopic (exact) mass is 319 g/mol. The molecule has 0 spiro atoms. The molecule has 0 amide bonds. The molecule has 2 N–H and O–H groups in total. The molecule has 0 fully saturated rings. The van der Waals surface area contributed by atoms with Crippen LogP contribution in [0.15, 0.2) is 41.3 Å². The van der Waals surface area contributed by atoms with Crippen LogP contribution in [0.5, 0.6) is 0 Å². The highest BCUT2D eigenvalue weighted by atomic mass is 16.1. The molecular formula is C20H21N3O. The molecule has 122 valence electrons. The summed E-state index contributed by atoms with van der Waals surface area (Å²) in [6.45, 7) is 8.34. The predicted octanol–water partition coefficient (Wildman–Crippen LogP) is 4.35. The Labute approximate surface area is 140 Å². The summed E-state index contributed by atoms with van der Waals surface area (Å²) in [6.07, 6.45) is 2.02. The number of nitrogens with one attached hydrogen (secondary N) is 2. The molecule has 1 atom stereocenters. The second kappa shape index (κ2) is 5.13. The number of hydrogen-bond acceptors (Lipinski definition) is 1. The third-order valence-corrected chi connectivity index (χ3v) is 5.11. The Morgan fingerprint density at radius 3 is 2.54 bits per heavy atom. The number of imidazole rings is 1. The maximum Gasteiger partial charge on any atom is 0.327 e. The van der Waals surface area contributed by atoms with Gasteiger partial charge in [0.15, 0.2) is 0 Å². The van der Waals surface area contributed by atoms with Gasteiger partial charge in [0, 0.05) is 22.7 Å². The fourth-order valence-corrected chi connectivity index (χ4v) is 3.64. The molecule has 24 heavy (non-hydrogen) atoms. The highest BCUT2D eigenvalue weighted by Gasteiger charge is 2.19. The zero-order chi connectivity index (χ0) is 17.0. The molecule has 2 aromatic heterocycles. The molecule has 0 bridgehead atoms. The molecule has 4 aromatic rings. The number of fused-ring (bicyclic) bond motifs is 2. The Hall–Kier alpha value is -2.75. The first-order valence-electron chi connectivity index (χ1n) is 8.25. The predicted molar refractivity (Wildman–Crippen MR) is 98.9 cm³/mol. The van der Waals surface area contributed by atoms with E-state index in [1.807, 2.05) is 16.8 Å². The van der Waals surface area contributed by atoms with Crippen molar-refractivity contribution in [1.82, 2.24) is 14.5 Å². The molecule has 0 saturated heterocycles. The zero-order valence-corrected chi connectivity index (χ0v) is 14.4. The Morgan fingerprint density at radius 1 is 1.00 bits per heavy atom. The van der Waals surface area contributed by atoms with Gasteiger partial charge in [-0.1, -0.05) is 12.1 Å². The van der Waals surface area contributed by atoms with E-state index in [0.717, 1.165) is 22.1 Å². The Balaban J connectivity index is 1.98. The average molecular weight is 319 g/mol. The molecule has 0 aliphatic heterocycles. The fraction of sp³-hybridized carbons (Fsp3) is 0.250. The summed E-state index contributed by atoms with van der Waals surface area (Å²) in [5, 5.41) is 1.20. The van der Waals surface area contributed by atoms with Crippen LogP contribution in [0.25, 0.3) is 21.9 Å². The number of hydrogen-bond donors (Lipinski definition) is 2. The highest BCUT2D eigenvalue weighted by Crippen LogP contribution is 2.30. The minimum atomic E-state index is -0.0644. The van der Waals surface area contributed by atoms with Gasteiger partial charge >= 0.3 is 5.69 Å². The topological polar surface area (TPSA) is 53.6 Å². The lowest BCUT2D eigenvalue weighted by Gasteiger charge is -2.14. The van der Waals surface area contributed by atoms with Gasteiger partial charge in [0.2, 0.25) is 0 Å². The number of aromatic amines is 2. The van der Waals surface area contributed by atoms with E-state index in [2.05, 4.69) is 61.9 Å². The molecule has 1 unspecified atom stereocenters. The first-order valence-corrected chi connectivity index (χ1v) is 8.25. The van der Waals surface area contributed by atoms with Crippen LogP contribution >= 0.6 is 0 Å². The van der Waals surface area contributed by atoms with Gasteiger partial charge in [-0.05, 0) is 62.6 Å². The number of nitrogens with zero attached hydrogens (tertiary/aromatic N) is 1. The van der Waals surface area contributed by atoms with Crippen molar-refractivity contribution >= 4 is 21.9 Å². The Kier molecular flexibility index (Phi) is 3.17. The summed E-state index contributed by atoms with van der Waals surface area (Å²) in [5.74, 6) is 0. The van der Waals surface area contributed by atoms with Crippen molar-refractivity contribution < 1.29 is 0 Å². The summed E-state index contributed by atoms with van der Waals surface area (Å²) < 4.78 is 1.86. The standard InChI is InChI=1S/C20H21N3O/c1-11-6-5-7-16-19(11)15(10-21-16)14(4)23-18-9-13(3)12(2)8-17(18)22-20(23)24/h5-10,14,21H,1-4H3,(H,22,24). The molecular weight excluding hydrogens is 298 g/mol. The van der Waals surface area contributed by atoms with E-state index in [9.17, 15) is 4.79 Å². The van der Waals surface area contributed by atoms with Crippen LogP contribution in [-0.2, 0) is 0 Å². The lowest BCUT2D eigenvalue weighted by Crippen LogP contribution is -2.21. The van der Waals surface area contributed by atoms with Crippen LogP contribution in [-0.4, -0.2) is 14.5 Å². The van der Waals surface area contributed by atoms with Gasteiger partial charge in [-0.2, -0.15) is 0 Å². The van der Waals surface area contributed by atoms with Gasteiger partial charge in [0.25, 0.3) is 0 Å². The van der Waals surface area contributed by atoms with Crippen molar-refractivity contribution in [2.45, 2.75) is 33.7 Å². The van der Waals surface area contributed by atoms with Crippen molar-refractivity contribution in [2.24, 2.45) is 0 Å². The van der Waals surface area contributed by atoms with Gasteiger partial charge in [-0.25, -0.2) is 4.79 Å². The first-order chi connectivity index (χ1) is 11.5. The second-order valence-electron chi connectivity index (χ2n) is 6.67. The normalized spacial score (nSPS) is 13.0. The molecule has 4 rings (SSSR count). The summed E-state index contributed by atoms with van der Waals surface area (Å²) in [4.78, 5) is 18.9. The molecule has 2 aromatic carbocycles. The van der Waals surface area contributed by atoms with Crippen LogP contribution in [0.2, 0.25) is 0 Å². The highest BCUT2D eigenvalue weighted by molar-refractivity contribution is 5.87. The smallest absolute Gasteiger partial charge is 0.327 e. The Bertz CT molecular complexity index is 1130. The number of aromatic nitrogens is 3. The summed E-state index contributed by atoms with van der Waals surface area (Å²) in [7, 11) is 0. The van der Waals surface area contributed by atoms with Crippen molar-refractivity contribution in [3.05, 3.63) is 69.3 Å². The third-order valence-electron chi connectivity index (χ3n) is 5.11. The number of benzene rings is 2.